The van der Waals surface area contributed by atoms with Gasteiger partial charge in [0.2, 0.25) is 5.13 Å². The van der Waals surface area contributed by atoms with Crippen LogP contribution in [0.4, 0.5) is 5.13 Å². The van der Waals surface area contributed by atoms with Gasteiger partial charge in [-0.05, 0) is 24.7 Å². The summed E-state index contributed by atoms with van der Waals surface area (Å²) < 4.78 is 0. The van der Waals surface area contributed by atoms with Gasteiger partial charge in [-0.15, -0.1) is 10.2 Å². The van der Waals surface area contributed by atoms with Gasteiger partial charge < -0.3 is 5.32 Å². The summed E-state index contributed by atoms with van der Waals surface area (Å²) in [5, 5.41) is 13.4. The minimum Gasteiger partial charge on any atom is -0.363 e. The van der Waals surface area contributed by atoms with Crippen molar-refractivity contribution in [2.75, 3.05) is 25.5 Å². The van der Waals surface area contributed by atoms with E-state index in [1.807, 2.05) is 7.05 Å². The number of fused-ring (bicyclic) bond motifs is 1. The average molecular weight is 238 g/mol. The molecule has 1 N–H and O–H groups in total. The minimum atomic E-state index is 0.925. The Morgan fingerprint density at radius 2 is 2.06 bits per heavy atom. The van der Waals surface area contributed by atoms with E-state index in [4.69, 9.17) is 0 Å². The van der Waals surface area contributed by atoms with Crippen molar-refractivity contribution in [3.05, 3.63) is 5.01 Å². The molecule has 1 saturated heterocycles. The van der Waals surface area contributed by atoms with Crippen LogP contribution in [0.25, 0.3) is 0 Å². The molecule has 2 unspecified atom stereocenters. The second-order valence-electron chi connectivity index (χ2n) is 4.90. The number of hydrogen-bond donors (Lipinski definition) is 1. The fraction of sp³-hybridized carbons (Fsp3) is 0.818. The van der Waals surface area contributed by atoms with Gasteiger partial charge in [-0.3, -0.25) is 4.90 Å². The first-order valence-corrected chi connectivity index (χ1v) is 6.89. The van der Waals surface area contributed by atoms with Crippen molar-refractivity contribution in [2.45, 2.75) is 25.8 Å². The van der Waals surface area contributed by atoms with E-state index in [-0.39, 0.29) is 0 Å². The Hall–Kier alpha value is -0.680. The van der Waals surface area contributed by atoms with Gasteiger partial charge in [-0.2, -0.15) is 0 Å². The molecule has 3 rings (SSSR count). The lowest BCUT2D eigenvalue weighted by molar-refractivity contribution is 0.302. The molecule has 0 amide bonds. The number of nitrogens with zero attached hydrogens (tertiary/aromatic N) is 3. The molecule has 1 aromatic heterocycles. The molecule has 2 aliphatic rings. The number of likely N-dealkylation sites (tertiary alicyclic amines) is 1. The molecule has 0 aromatic carbocycles. The highest BCUT2D eigenvalue weighted by Crippen LogP contribution is 2.38. The molecule has 1 aliphatic carbocycles. The van der Waals surface area contributed by atoms with Gasteiger partial charge in [-0.25, -0.2) is 0 Å². The van der Waals surface area contributed by atoms with E-state index in [0.29, 0.717) is 0 Å². The Bertz CT molecular complexity index is 353. The Morgan fingerprint density at radius 1 is 1.31 bits per heavy atom. The highest BCUT2D eigenvalue weighted by molar-refractivity contribution is 7.15. The molecule has 2 atom stereocenters. The molecular formula is C11H18N4S. The van der Waals surface area contributed by atoms with E-state index in [0.717, 1.165) is 28.5 Å². The summed E-state index contributed by atoms with van der Waals surface area (Å²) in [6.07, 6.45) is 4.34. The lowest BCUT2D eigenvalue weighted by atomic mass is 10.0. The van der Waals surface area contributed by atoms with E-state index in [9.17, 15) is 0 Å². The summed E-state index contributed by atoms with van der Waals surface area (Å²) in [4.78, 5) is 2.55. The number of rotatable bonds is 3. The molecule has 5 heteroatoms. The Labute approximate surface area is 100 Å². The molecule has 0 radical (unpaired) electrons. The number of anilines is 1. The average Bonchev–Trinajstić information content (AvgIpc) is 2.92. The molecule has 2 fully saturated rings. The van der Waals surface area contributed by atoms with Crippen LogP contribution in [0.5, 0.6) is 0 Å². The third-order valence-corrected chi connectivity index (χ3v) is 4.77. The van der Waals surface area contributed by atoms with Gasteiger partial charge in [0.1, 0.15) is 5.01 Å². The maximum absolute atomic E-state index is 4.21. The van der Waals surface area contributed by atoms with Crippen molar-refractivity contribution in [3.8, 4) is 0 Å². The number of nitrogens with one attached hydrogen (secondary N) is 1. The van der Waals surface area contributed by atoms with E-state index < -0.39 is 0 Å². The molecule has 0 spiro atoms. The highest BCUT2D eigenvalue weighted by atomic mass is 32.1. The largest absolute Gasteiger partial charge is 0.363 e. The second kappa shape index (κ2) is 4.30. The van der Waals surface area contributed by atoms with Gasteiger partial charge in [0.25, 0.3) is 0 Å². The maximum atomic E-state index is 4.21. The van der Waals surface area contributed by atoms with E-state index in [1.54, 1.807) is 11.3 Å². The summed E-state index contributed by atoms with van der Waals surface area (Å²) in [6.45, 7) is 3.55. The molecule has 0 bridgehead atoms. The Morgan fingerprint density at radius 3 is 2.69 bits per heavy atom. The Kier molecular flexibility index (Phi) is 2.81. The molecule has 4 nitrogen and oxygen atoms in total. The summed E-state index contributed by atoms with van der Waals surface area (Å²) >= 11 is 1.67. The van der Waals surface area contributed by atoms with E-state index >= 15 is 0 Å². The fourth-order valence-electron chi connectivity index (χ4n) is 3.07. The van der Waals surface area contributed by atoms with Crippen molar-refractivity contribution in [3.63, 3.8) is 0 Å². The first-order chi connectivity index (χ1) is 7.85. The van der Waals surface area contributed by atoms with E-state index in [1.165, 1.54) is 32.4 Å². The third-order valence-electron chi connectivity index (χ3n) is 3.84. The van der Waals surface area contributed by atoms with Crippen molar-refractivity contribution in [1.29, 1.82) is 0 Å². The minimum absolute atomic E-state index is 0.925. The highest BCUT2D eigenvalue weighted by Gasteiger charge is 2.36. The molecule has 1 aliphatic heterocycles. The van der Waals surface area contributed by atoms with Gasteiger partial charge in [-0.1, -0.05) is 17.8 Å². The first kappa shape index (κ1) is 10.5. The predicted molar refractivity (Wildman–Crippen MR) is 65.6 cm³/mol. The van der Waals surface area contributed by atoms with Gasteiger partial charge in [0.05, 0.1) is 6.54 Å². The first-order valence-electron chi connectivity index (χ1n) is 6.07. The second-order valence-corrected chi connectivity index (χ2v) is 5.96. The topological polar surface area (TPSA) is 41.1 Å². The van der Waals surface area contributed by atoms with Crippen LogP contribution in [0.2, 0.25) is 0 Å². The lowest BCUT2D eigenvalue weighted by Gasteiger charge is -2.13. The molecule has 1 aromatic rings. The van der Waals surface area contributed by atoms with Crippen LogP contribution in [0, 0.1) is 11.8 Å². The quantitative estimate of drug-likeness (QED) is 0.872. The lowest BCUT2D eigenvalue weighted by Crippen LogP contribution is -2.20. The predicted octanol–water partition coefficient (Wildman–Crippen LogP) is 1.81. The zero-order chi connectivity index (χ0) is 11.0. The van der Waals surface area contributed by atoms with E-state index in [2.05, 4.69) is 20.4 Å². The van der Waals surface area contributed by atoms with Gasteiger partial charge in [0, 0.05) is 20.1 Å². The van der Waals surface area contributed by atoms with Crippen LogP contribution in [-0.2, 0) is 6.54 Å². The third kappa shape index (κ3) is 1.94. The summed E-state index contributed by atoms with van der Waals surface area (Å²) in [5.41, 5.74) is 0. The number of hydrogen-bond acceptors (Lipinski definition) is 5. The molecular weight excluding hydrogens is 220 g/mol. The van der Waals surface area contributed by atoms with Crippen LogP contribution in [0.15, 0.2) is 0 Å². The summed E-state index contributed by atoms with van der Waals surface area (Å²) in [6, 6.07) is 0. The Balaban J connectivity index is 1.59. The fourth-order valence-corrected chi connectivity index (χ4v) is 3.81. The number of aromatic nitrogens is 2. The molecule has 1 saturated carbocycles. The van der Waals surface area contributed by atoms with Crippen LogP contribution in [-0.4, -0.2) is 35.2 Å². The van der Waals surface area contributed by atoms with Crippen molar-refractivity contribution >= 4 is 16.5 Å². The van der Waals surface area contributed by atoms with Gasteiger partial charge in [0.15, 0.2) is 0 Å². The summed E-state index contributed by atoms with van der Waals surface area (Å²) in [5.74, 6) is 1.94. The monoisotopic (exact) mass is 238 g/mol. The summed E-state index contributed by atoms with van der Waals surface area (Å²) in [7, 11) is 1.89. The molecule has 2 heterocycles. The smallest absolute Gasteiger partial charge is 0.205 e. The standard InChI is InChI=1S/C11H18N4S/c1-12-11-14-13-10(16-11)7-15-5-8-3-2-4-9(8)6-15/h8-9H,2-7H2,1H3,(H,12,14). The SMILES string of the molecule is CNc1nnc(CN2CC3CCCC3C2)s1. The zero-order valence-corrected chi connectivity index (χ0v) is 10.5. The van der Waals surface area contributed by atoms with Crippen LogP contribution in [0.1, 0.15) is 24.3 Å². The normalized spacial score (nSPS) is 29.6. The van der Waals surface area contributed by atoms with Crippen molar-refractivity contribution in [2.24, 2.45) is 11.8 Å². The maximum Gasteiger partial charge on any atom is 0.205 e. The zero-order valence-electron chi connectivity index (χ0n) is 9.65. The molecule has 88 valence electrons. The van der Waals surface area contributed by atoms with Crippen molar-refractivity contribution in [1.82, 2.24) is 15.1 Å². The van der Waals surface area contributed by atoms with Crippen LogP contribution < -0.4 is 5.32 Å². The van der Waals surface area contributed by atoms with Crippen LogP contribution >= 0.6 is 11.3 Å². The van der Waals surface area contributed by atoms with Gasteiger partial charge >= 0.3 is 0 Å². The molecule has 16 heavy (non-hydrogen) atoms. The van der Waals surface area contributed by atoms with Crippen molar-refractivity contribution < 1.29 is 0 Å². The van der Waals surface area contributed by atoms with Crippen LogP contribution in [0.3, 0.4) is 0 Å².